The molecule has 0 aromatic rings. The van der Waals surface area contributed by atoms with Gasteiger partial charge in [0.2, 0.25) is 5.91 Å². The first-order valence-electron chi connectivity index (χ1n) is 4.05. The summed E-state index contributed by atoms with van der Waals surface area (Å²) in [4.78, 5) is 25.1. The zero-order valence-corrected chi connectivity index (χ0v) is 7.78. The Morgan fingerprint density at radius 1 is 1.54 bits per heavy atom. The Morgan fingerprint density at radius 3 is 2.23 bits per heavy atom. The fraction of sp³-hybridized carbons (Fsp3) is 0.857. The summed E-state index contributed by atoms with van der Waals surface area (Å²) in [6.45, 7) is 3.23. The maximum Gasteiger partial charge on any atom is 0.294 e. The SMILES string of the molecule is CCC(CC)(CO[N+](=O)[O-])C(N)=O. The van der Waals surface area contributed by atoms with Gasteiger partial charge < -0.3 is 10.6 Å². The van der Waals surface area contributed by atoms with Gasteiger partial charge in [-0.1, -0.05) is 13.8 Å². The van der Waals surface area contributed by atoms with Crippen LogP contribution in [0.15, 0.2) is 0 Å². The van der Waals surface area contributed by atoms with Crippen LogP contribution in [0, 0.1) is 15.5 Å². The standard InChI is InChI=1S/C7H14N2O4/c1-3-7(4-2,6(8)10)5-13-9(11)12/h3-5H2,1-2H3,(H2,8,10). The molecule has 0 atom stereocenters. The Morgan fingerprint density at radius 2 is 2.00 bits per heavy atom. The fourth-order valence-electron chi connectivity index (χ4n) is 1.05. The quantitative estimate of drug-likeness (QED) is 0.486. The summed E-state index contributed by atoms with van der Waals surface area (Å²) in [6.07, 6.45) is 0.874. The molecule has 0 aliphatic heterocycles. The van der Waals surface area contributed by atoms with Crippen LogP contribution in [0.25, 0.3) is 0 Å². The highest BCUT2D eigenvalue weighted by atomic mass is 16.9. The monoisotopic (exact) mass is 190 g/mol. The summed E-state index contributed by atoms with van der Waals surface area (Å²) >= 11 is 0. The summed E-state index contributed by atoms with van der Waals surface area (Å²) in [5.74, 6) is -0.556. The summed E-state index contributed by atoms with van der Waals surface area (Å²) in [6, 6.07) is 0. The van der Waals surface area contributed by atoms with E-state index in [1.807, 2.05) is 0 Å². The van der Waals surface area contributed by atoms with Gasteiger partial charge in [-0.15, -0.1) is 10.1 Å². The van der Waals surface area contributed by atoms with Crippen LogP contribution in [0.2, 0.25) is 0 Å². The minimum Gasteiger partial charge on any atom is -0.369 e. The Labute approximate surface area is 76.2 Å². The molecule has 2 N–H and O–H groups in total. The number of amides is 1. The van der Waals surface area contributed by atoms with Gasteiger partial charge in [-0.2, -0.15) is 0 Å². The van der Waals surface area contributed by atoms with Crippen molar-refractivity contribution in [1.82, 2.24) is 0 Å². The molecular formula is C7H14N2O4. The molecule has 6 heteroatoms. The van der Waals surface area contributed by atoms with E-state index in [1.165, 1.54) is 0 Å². The molecule has 76 valence electrons. The summed E-state index contributed by atoms with van der Waals surface area (Å²) < 4.78 is 0. The molecule has 0 aromatic heterocycles. The number of hydrogen-bond donors (Lipinski definition) is 1. The van der Waals surface area contributed by atoms with Crippen molar-refractivity contribution in [1.29, 1.82) is 0 Å². The largest absolute Gasteiger partial charge is 0.369 e. The van der Waals surface area contributed by atoms with E-state index in [2.05, 4.69) is 4.84 Å². The first kappa shape index (κ1) is 11.7. The highest BCUT2D eigenvalue weighted by Crippen LogP contribution is 2.26. The second-order valence-electron chi connectivity index (χ2n) is 2.85. The van der Waals surface area contributed by atoms with Crippen LogP contribution in [0.5, 0.6) is 0 Å². The van der Waals surface area contributed by atoms with Gasteiger partial charge >= 0.3 is 0 Å². The molecule has 0 radical (unpaired) electrons. The molecule has 0 aliphatic carbocycles. The Balaban J connectivity index is 4.39. The lowest BCUT2D eigenvalue weighted by atomic mass is 9.83. The van der Waals surface area contributed by atoms with Gasteiger partial charge in [0.1, 0.15) is 6.61 Å². The van der Waals surface area contributed by atoms with Crippen molar-refractivity contribution < 1.29 is 14.7 Å². The molecular weight excluding hydrogens is 176 g/mol. The molecule has 0 aromatic carbocycles. The fourth-order valence-corrected chi connectivity index (χ4v) is 1.05. The number of rotatable bonds is 6. The van der Waals surface area contributed by atoms with Crippen LogP contribution in [-0.2, 0) is 9.63 Å². The molecule has 0 bridgehead atoms. The predicted molar refractivity (Wildman–Crippen MR) is 45.2 cm³/mol. The minimum absolute atomic E-state index is 0.262. The maximum absolute atomic E-state index is 11.0. The lowest BCUT2D eigenvalue weighted by Crippen LogP contribution is -2.40. The second-order valence-corrected chi connectivity index (χ2v) is 2.85. The van der Waals surface area contributed by atoms with E-state index in [4.69, 9.17) is 5.73 Å². The topological polar surface area (TPSA) is 95.5 Å². The number of primary amides is 1. The molecule has 0 heterocycles. The van der Waals surface area contributed by atoms with E-state index in [0.29, 0.717) is 12.8 Å². The molecule has 0 fully saturated rings. The van der Waals surface area contributed by atoms with Crippen LogP contribution in [0.1, 0.15) is 26.7 Å². The number of nitrogens with two attached hydrogens (primary N) is 1. The third-order valence-corrected chi connectivity index (χ3v) is 2.32. The predicted octanol–water partition coefficient (Wildman–Crippen LogP) is 0.486. The molecule has 1 amide bonds. The normalized spacial score (nSPS) is 10.9. The summed E-state index contributed by atoms with van der Waals surface area (Å²) in [5, 5.41) is 9.02. The highest BCUT2D eigenvalue weighted by molar-refractivity contribution is 5.80. The van der Waals surface area contributed by atoms with Gasteiger partial charge in [-0.25, -0.2) is 0 Å². The van der Waals surface area contributed by atoms with Crippen molar-refractivity contribution >= 4 is 5.91 Å². The van der Waals surface area contributed by atoms with Crippen molar-refractivity contribution in [3.63, 3.8) is 0 Å². The van der Waals surface area contributed by atoms with E-state index in [9.17, 15) is 14.9 Å². The average Bonchev–Trinajstić information content (AvgIpc) is 2.06. The summed E-state index contributed by atoms with van der Waals surface area (Å²) in [7, 11) is 0. The molecule has 0 saturated heterocycles. The molecule has 0 rings (SSSR count). The van der Waals surface area contributed by atoms with Crippen molar-refractivity contribution in [3.8, 4) is 0 Å². The maximum atomic E-state index is 11.0. The average molecular weight is 190 g/mol. The second kappa shape index (κ2) is 4.64. The lowest BCUT2D eigenvalue weighted by molar-refractivity contribution is -0.760. The van der Waals surface area contributed by atoms with Crippen LogP contribution in [-0.4, -0.2) is 17.6 Å². The van der Waals surface area contributed by atoms with Crippen LogP contribution in [0.4, 0.5) is 0 Å². The zero-order chi connectivity index (χ0) is 10.5. The Hall–Kier alpha value is -1.33. The third-order valence-electron chi connectivity index (χ3n) is 2.32. The molecule has 6 nitrogen and oxygen atoms in total. The minimum atomic E-state index is -0.914. The van der Waals surface area contributed by atoms with E-state index in [0.717, 1.165) is 0 Å². The summed E-state index contributed by atoms with van der Waals surface area (Å²) in [5.41, 5.74) is 4.23. The number of carbonyl (C=O) groups excluding carboxylic acids is 1. The van der Waals surface area contributed by atoms with Gasteiger partial charge in [-0.05, 0) is 12.8 Å². The highest BCUT2D eigenvalue weighted by Gasteiger charge is 2.34. The Bertz CT molecular complexity index is 201. The van der Waals surface area contributed by atoms with Crippen LogP contribution < -0.4 is 5.73 Å². The van der Waals surface area contributed by atoms with E-state index >= 15 is 0 Å². The van der Waals surface area contributed by atoms with Gasteiger partial charge in [-0.3, -0.25) is 4.79 Å². The molecule has 0 spiro atoms. The van der Waals surface area contributed by atoms with Crippen molar-refractivity contribution in [3.05, 3.63) is 10.1 Å². The van der Waals surface area contributed by atoms with E-state index in [-0.39, 0.29) is 6.61 Å². The zero-order valence-electron chi connectivity index (χ0n) is 7.78. The van der Waals surface area contributed by atoms with Crippen molar-refractivity contribution in [2.75, 3.05) is 6.61 Å². The third kappa shape index (κ3) is 2.89. The van der Waals surface area contributed by atoms with E-state index in [1.54, 1.807) is 13.8 Å². The van der Waals surface area contributed by atoms with Crippen molar-refractivity contribution in [2.45, 2.75) is 26.7 Å². The van der Waals surface area contributed by atoms with Gasteiger partial charge in [0.25, 0.3) is 5.09 Å². The van der Waals surface area contributed by atoms with E-state index < -0.39 is 16.4 Å². The molecule has 0 saturated carbocycles. The van der Waals surface area contributed by atoms with Crippen LogP contribution >= 0.6 is 0 Å². The van der Waals surface area contributed by atoms with Gasteiger partial charge in [0, 0.05) is 0 Å². The lowest BCUT2D eigenvalue weighted by Gasteiger charge is -2.26. The molecule has 13 heavy (non-hydrogen) atoms. The smallest absolute Gasteiger partial charge is 0.294 e. The molecule has 0 aliphatic rings. The number of nitrogens with zero attached hydrogens (tertiary/aromatic N) is 1. The number of hydrogen-bond acceptors (Lipinski definition) is 4. The van der Waals surface area contributed by atoms with Gasteiger partial charge in [0.05, 0.1) is 5.41 Å². The molecule has 0 unspecified atom stereocenters. The van der Waals surface area contributed by atoms with Crippen molar-refractivity contribution in [2.24, 2.45) is 11.1 Å². The Kier molecular flexibility index (Phi) is 4.16. The number of carbonyl (C=O) groups is 1. The first-order valence-corrected chi connectivity index (χ1v) is 4.05. The van der Waals surface area contributed by atoms with Crippen LogP contribution in [0.3, 0.4) is 0 Å². The first-order chi connectivity index (χ1) is 5.98. The van der Waals surface area contributed by atoms with Gasteiger partial charge in [0.15, 0.2) is 0 Å².